The first-order chi connectivity index (χ1) is 7.43. The summed E-state index contributed by atoms with van der Waals surface area (Å²) in [6.45, 7) is 1.28. The van der Waals surface area contributed by atoms with E-state index in [1.807, 2.05) is 0 Å². The Morgan fingerprint density at radius 2 is 2.12 bits per heavy atom. The number of carboxylic acids is 1. The van der Waals surface area contributed by atoms with E-state index < -0.39 is 23.7 Å². The summed E-state index contributed by atoms with van der Waals surface area (Å²) >= 11 is 0. The van der Waals surface area contributed by atoms with Gasteiger partial charge >= 0.3 is 5.97 Å². The summed E-state index contributed by atoms with van der Waals surface area (Å²) in [6.07, 6.45) is 0. The maximum absolute atomic E-state index is 13.3. The molecule has 0 spiro atoms. The molecule has 0 aromatic heterocycles. The lowest BCUT2D eigenvalue weighted by atomic mass is 10.1. The zero-order valence-corrected chi connectivity index (χ0v) is 8.53. The van der Waals surface area contributed by atoms with Crippen molar-refractivity contribution in [1.29, 1.82) is 0 Å². The van der Waals surface area contributed by atoms with Crippen LogP contribution in [0.15, 0.2) is 18.2 Å². The van der Waals surface area contributed by atoms with Gasteiger partial charge in [0.15, 0.2) is 0 Å². The van der Waals surface area contributed by atoms with Crippen molar-refractivity contribution >= 4 is 17.6 Å². The van der Waals surface area contributed by atoms with Crippen LogP contribution in [0.2, 0.25) is 0 Å². The zero-order valence-electron chi connectivity index (χ0n) is 8.53. The second kappa shape index (κ2) is 4.61. The normalized spacial score (nSPS) is 11.9. The lowest BCUT2D eigenvalue weighted by Gasteiger charge is -2.11. The highest BCUT2D eigenvalue weighted by molar-refractivity contribution is 6.00. The zero-order chi connectivity index (χ0) is 12.3. The summed E-state index contributed by atoms with van der Waals surface area (Å²) in [6, 6.07) is 2.70. The summed E-state index contributed by atoms with van der Waals surface area (Å²) in [5.41, 5.74) is 5.06. The molecule has 0 bridgehead atoms. The predicted octanol–water partition coefficient (Wildman–Crippen LogP) is 0.611. The molecule has 1 amide bonds. The molecule has 6 heteroatoms. The number of benzene rings is 1. The van der Waals surface area contributed by atoms with Crippen LogP contribution in [0.1, 0.15) is 17.3 Å². The molecule has 0 unspecified atom stereocenters. The van der Waals surface area contributed by atoms with Gasteiger partial charge in [0.05, 0.1) is 5.56 Å². The van der Waals surface area contributed by atoms with Crippen LogP contribution in [-0.2, 0) is 4.79 Å². The van der Waals surface area contributed by atoms with Gasteiger partial charge in [-0.1, -0.05) is 6.07 Å². The molecule has 1 rings (SSSR count). The predicted molar refractivity (Wildman–Crippen MR) is 55.4 cm³/mol. The lowest BCUT2D eigenvalue weighted by Crippen LogP contribution is -2.39. The van der Waals surface area contributed by atoms with Crippen LogP contribution in [0.3, 0.4) is 0 Å². The molecule has 1 aromatic carbocycles. The van der Waals surface area contributed by atoms with Gasteiger partial charge in [0, 0.05) is 5.69 Å². The molecule has 0 saturated carbocycles. The van der Waals surface area contributed by atoms with E-state index in [0.717, 1.165) is 6.07 Å². The van der Waals surface area contributed by atoms with Gasteiger partial charge in [0.1, 0.15) is 11.9 Å². The van der Waals surface area contributed by atoms with E-state index in [2.05, 4.69) is 5.32 Å². The number of nitrogen functional groups attached to an aromatic ring is 1. The number of nitrogens with one attached hydrogen (secondary N) is 1. The first-order valence-corrected chi connectivity index (χ1v) is 4.51. The van der Waals surface area contributed by atoms with Crippen molar-refractivity contribution in [3.8, 4) is 0 Å². The van der Waals surface area contributed by atoms with Crippen LogP contribution < -0.4 is 11.1 Å². The molecule has 1 aromatic rings. The molecule has 86 valence electrons. The minimum Gasteiger partial charge on any atom is -0.480 e. The molecule has 0 heterocycles. The Bertz CT molecular complexity index is 414. The van der Waals surface area contributed by atoms with Crippen LogP contribution >= 0.6 is 0 Å². The molecule has 4 N–H and O–H groups in total. The van der Waals surface area contributed by atoms with Crippen LogP contribution in [0.25, 0.3) is 0 Å². The van der Waals surface area contributed by atoms with Crippen molar-refractivity contribution in [2.45, 2.75) is 13.0 Å². The van der Waals surface area contributed by atoms with Crippen molar-refractivity contribution in [1.82, 2.24) is 5.32 Å². The number of halogens is 1. The highest BCUT2D eigenvalue weighted by Crippen LogP contribution is 2.15. The molecule has 5 nitrogen and oxygen atoms in total. The van der Waals surface area contributed by atoms with Gasteiger partial charge in [-0.25, -0.2) is 4.39 Å². The van der Waals surface area contributed by atoms with Gasteiger partial charge < -0.3 is 16.2 Å². The molecule has 16 heavy (non-hydrogen) atoms. The maximum Gasteiger partial charge on any atom is 0.325 e. The highest BCUT2D eigenvalue weighted by atomic mass is 19.1. The van der Waals surface area contributed by atoms with Gasteiger partial charge in [-0.05, 0) is 19.1 Å². The van der Waals surface area contributed by atoms with Crippen molar-refractivity contribution in [3.63, 3.8) is 0 Å². The summed E-state index contributed by atoms with van der Waals surface area (Å²) in [7, 11) is 0. The minimum absolute atomic E-state index is 0.0323. The van der Waals surface area contributed by atoms with Crippen molar-refractivity contribution < 1.29 is 19.1 Å². The topological polar surface area (TPSA) is 92.4 Å². The molecule has 0 radical (unpaired) electrons. The Hall–Kier alpha value is -2.11. The van der Waals surface area contributed by atoms with Gasteiger partial charge in [-0.3, -0.25) is 9.59 Å². The number of carbonyl (C=O) groups excluding carboxylic acids is 1. The molecule has 0 fully saturated rings. The van der Waals surface area contributed by atoms with Crippen LogP contribution in [0.4, 0.5) is 10.1 Å². The van der Waals surface area contributed by atoms with E-state index >= 15 is 0 Å². The van der Waals surface area contributed by atoms with E-state index in [9.17, 15) is 14.0 Å². The molecule has 0 saturated heterocycles. The summed E-state index contributed by atoms with van der Waals surface area (Å²) < 4.78 is 13.3. The smallest absolute Gasteiger partial charge is 0.325 e. The number of nitrogens with two attached hydrogens (primary N) is 1. The summed E-state index contributed by atoms with van der Waals surface area (Å²) in [5.74, 6) is -2.83. The largest absolute Gasteiger partial charge is 0.480 e. The standard InChI is InChI=1S/C10H11FN2O3/c1-5(10(15)16)13-9(14)8-6(11)3-2-4-7(8)12/h2-5H,12H2,1H3,(H,13,14)(H,15,16)/t5-/m1/s1. The number of carbonyl (C=O) groups is 2. The van der Waals surface area contributed by atoms with Crippen LogP contribution in [-0.4, -0.2) is 23.0 Å². The number of rotatable bonds is 3. The highest BCUT2D eigenvalue weighted by Gasteiger charge is 2.19. The Kier molecular flexibility index (Phi) is 3.44. The van der Waals surface area contributed by atoms with E-state index in [0.29, 0.717) is 0 Å². The number of hydrogen-bond donors (Lipinski definition) is 3. The van der Waals surface area contributed by atoms with Crippen LogP contribution in [0.5, 0.6) is 0 Å². The Balaban J connectivity index is 2.93. The average Bonchev–Trinajstić information content (AvgIpc) is 2.16. The SMILES string of the molecule is C[C@@H](NC(=O)c1c(N)cccc1F)C(=O)O. The van der Waals surface area contributed by atoms with Gasteiger partial charge in [-0.2, -0.15) is 0 Å². The van der Waals surface area contributed by atoms with Crippen molar-refractivity contribution in [2.24, 2.45) is 0 Å². The van der Waals surface area contributed by atoms with E-state index in [-0.39, 0.29) is 11.3 Å². The van der Waals surface area contributed by atoms with Gasteiger partial charge in [0.25, 0.3) is 5.91 Å². The van der Waals surface area contributed by atoms with E-state index in [4.69, 9.17) is 10.8 Å². The van der Waals surface area contributed by atoms with Gasteiger partial charge in [-0.15, -0.1) is 0 Å². The van der Waals surface area contributed by atoms with Crippen molar-refractivity contribution in [2.75, 3.05) is 5.73 Å². The number of hydrogen-bond acceptors (Lipinski definition) is 3. The monoisotopic (exact) mass is 226 g/mol. The average molecular weight is 226 g/mol. The van der Waals surface area contributed by atoms with E-state index in [1.54, 1.807) is 0 Å². The fourth-order valence-electron chi connectivity index (χ4n) is 1.11. The molecular weight excluding hydrogens is 215 g/mol. The number of anilines is 1. The number of aliphatic carboxylic acids is 1. The second-order valence-electron chi connectivity index (χ2n) is 3.24. The van der Waals surface area contributed by atoms with Crippen LogP contribution in [0, 0.1) is 5.82 Å². The molecule has 0 aliphatic heterocycles. The molecular formula is C10H11FN2O3. The second-order valence-corrected chi connectivity index (χ2v) is 3.24. The van der Waals surface area contributed by atoms with Gasteiger partial charge in [0.2, 0.25) is 0 Å². The third kappa shape index (κ3) is 2.47. The Labute approximate surface area is 91.1 Å². The Morgan fingerprint density at radius 3 is 2.62 bits per heavy atom. The van der Waals surface area contributed by atoms with Crippen molar-refractivity contribution in [3.05, 3.63) is 29.6 Å². The molecule has 0 aliphatic carbocycles. The molecule has 0 aliphatic rings. The molecule has 1 atom stereocenters. The first kappa shape index (κ1) is 12.0. The lowest BCUT2D eigenvalue weighted by molar-refractivity contribution is -0.138. The third-order valence-electron chi connectivity index (χ3n) is 1.99. The number of amides is 1. The quantitative estimate of drug-likeness (QED) is 0.658. The maximum atomic E-state index is 13.3. The fourth-order valence-corrected chi connectivity index (χ4v) is 1.11. The van der Waals surface area contributed by atoms with E-state index in [1.165, 1.54) is 19.1 Å². The minimum atomic E-state index is -1.21. The fraction of sp³-hybridized carbons (Fsp3) is 0.200. The Morgan fingerprint density at radius 1 is 1.50 bits per heavy atom. The third-order valence-corrected chi connectivity index (χ3v) is 1.99. The summed E-state index contributed by atoms with van der Waals surface area (Å²) in [4.78, 5) is 22.0. The first-order valence-electron chi connectivity index (χ1n) is 4.51. The summed E-state index contributed by atoms with van der Waals surface area (Å²) in [5, 5.41) is 10.7. The number of carboxylic acid groups (broad SMARTS) is 1.